The van der Waals surface area contributed by atoms with Crippen molar-refractivity contribution in [3.05, 3.63) is 0 Å². The van der Waals surface area contributed by atoms with Crippen molar-refractivity contribution < 1.29 is 33.6 Å². The third kappa shape index (κ3) is 16.8. The quantitative estimate of drug-likeness (QED) is 0.359. The zero-order valence-electron chi connectivity index (χ0n) is 12.7. The average Bonchev–Trinajstić information content (AvgIpc) is 2.44. The summed E-state index contributed by atoms with van der Waals surface area (Å²) >= 11 is 0. The van der Waals surface area contributed by atoms with Crippen LogP contribution in [0.3, 0.4) is 0 Å². The summed E-state index contributed by atoms with van der Waals surface area (Å²) in [6.45, 7) is 3.71. The largest absolute Gasteiger partial charge is 0.480 e. The van der Waals surface area contributed by atoms with Gasteiger partial charge in [0, 0.05) is 6.42 Å². The predicted octanol–water partition coefficient (Wildman–Crippen LogP) is 1.24. The van der Waals surface area contributed by atoms with Gasteiger partial charge in [0.15, 0.2) is 0 Å². The molecule has 7 nitrogen and oxygen atoms in total. The summed E-state index contributed by atoms with van der Waals surface area (Å²) in [5, 5.41) is 8.31. The summed E-state index contributed by atoms with van der Waals surface area (Å²) in [6, 6.07) is 0. The van der Waals surface area contributed by atoms with Crippen LogP contribution in [0.25, 0.3) is 0 Å². The molecule has 0 saturated heterocycles. The lowest BCUT2D eigenvalue weighted by atomic mass is 10.2. The molecule has 0 fully saturated rings. The van der Waals surface area contributed by atoms with E-state index in [1.54, 1.807) is 0 Å². The van der Waals surface area contributed by atoms with Crippen LogP contribution in [0, 0.1) is 0 Å². The Hall–Kier alpha value is -1.18. The molecule has 0 unspecified atom stereocenters. The highest BCUT2D eigenvalue weighted by molar-refractivity contribution is 5.69. The van der Waals surface area contributed by atoms with E-state index in [0.29, 0.717) is 32.8 Å². The van der Waals surface area contributed by atoms with Crippen LogP contribution >= 0.6 is 0 Å². The van der Waals surface area contributed by atoms with Crippen LogP contribution in [0.1, 0.15) is 32.6 Å². The minimum atomic E-state index is -0.998. The molecule has 0 saturated carbocycles. The van der Waals surface area contributed by atoms with Crippen molar-refractivity contribution in [2.45, 2.75) is 32.6 Å². The van der Waals surface area contributed by atoms with Crippen LogP contribution < -0.4 is 0 Å². The molecule has 0 aliphatic carbocycles. The van der Waals surface area contributed by atoms with E-state index in [0.717, 1.165) is 19.3 Å². The molecule has 0 aliphatic heterocycles. The molecular weight excluding hydrogens is 280 g/mol. The normalized spacial score (nSPS) is 10.5. The van der Waals surface area contributed by atoms with Crippen molar-refractivity contribution >= 4 is 11.9 Å². The number of unbranched alkanes of at least 4 members (excludes halogenated alkanes) is 2. The van der Waals surface area contributed by atoms with Gasteiger partial charge in [-0.15, -0.1) is 0 Å². The first-order chi connectivity index (χ1) is 10.2. The second-order valence-corrected chi connectivity index (χ2v) is 4.35. The van der Waals surface area contributed by atoms with Crippen molar-refractivity contribution in [2.75, 3.05) is 46.2 Å². The molecule has 0 spiro atoms. The first-order valence-corrected chi connectivity index (χ1v) is 7.27. The molecule has 124 valence electrons. The molecule has 1 N–H and O–H groups in total. The Bertz CT molecular complexity index is 268. The summed E-state index contributed by atoms with van der Waals surface area (Å²) < 4.78 is 20.1. The van der Waals surface area contributed by atoms with E-state index in [1.165, 1.54) is 0 Å². The number of carboxylic acid groups (broad SMARTS) is 1. The third-order valence-corrected chi connectivity index (χ3v) is 2.44. The van der Waals surface area contributed by atoms with Gasteiger partial charge in [-0.05, 0) is 6.42 Å². The van der Waals surface area contributed by atoms with Gasteiger partial charge in [0.25, 0.3) is 0 Å². The average molecular weight is 306 g/mol. The third-order valence-electron chi connectivity index (χ3n) is 2.44. The Balaban J connectivity index is 3.11. The maximum Gasteiger partial charge on any atom is 0.329 e. The molecule has 0 radical (unpaired) electrons. The number of carbonyl (C=O) groups is 2. The van der Waals surface area contributed by atoms with Gasteiger partial charge >= 0.3 is 11.9 Å². The number of hydrogen-bond acceptors (Lipinski definition) is 6. The SMILES string of the molecule is CCCCCC(=O)OCCOCCOCCOCC(=O)O. The van der Waals surface area contributed by atoms with E-state index in [2.05, 4.69) is 6.92 Å². The number of aliphatic carboxylic acids is 1. The van der Waals surface area contributed by atoms with Gasteiger partial charge in [-0.25, -0.2) is 4.79 Å². The van der Waals surface area contributed by atoms with E-state index < -0.39 is 5.97 Å². The highest BCUT2D eigenvalue weighted by Crippen LogP contribution is 2.00. The molecule has 0 heterocycles. The van der Waals surface area contributed by atoms with E-state index in [4.69, 9.17) is 24.1 Å². The molecule has 0 amide bonds. The van der Waals surface area contributed by atoms with Gasteiger partial charge in [-0.3, -0.25) is 4.79 Å². The first kappa shape index (κ1) is 19.8. The molecule has 0 aromatic heterocycles. The van der Waals surface area contributed by atoms with E-state index >= 15 is 0 Å². The number of carboxylic acids is 1. The monoisotopic (exact) mass is 306 g/mol. The smallest absolute Gasteiger partial charge is 0.329 e. The number of carbonyl (C=O) groups excluding carboxylic acids is 1. The van der Waals surface area contributed by atoms with Gasteiger partial charge in [0.1, 0.15) is 13.2 Å². The highest BCUT2D eigenvalue weighted by Gasteiger charge is 2.01. The molecule has 0 aliphatic rings. The van der Waals surface area contributed by atoms with Gasteiger partial charge in [-0.1, -0.05) is 19.8 Å². The minimum Gasteiger partial charge on any atom is -0.480 e. The second-order valence-electron chi connectivity index (χ2n) is 4.35. The maximum absolute atomic E-state index is 11.2. The fourth-order valence-electron chi connectivity index (χ4n) is 1.41. The zero-order chi connectivity index (χ0) is 15.8. The van der Waals surface area contributed by atoms with E-state index in [9.17, 15) is 9.59 Å². The highest BCUT2D eigenvalue weighted by atomic mass is 16.6. The van der Waals surface area contributed by atoms with Gasteiger partial charge < -0.3 is 24.1 Å². The first-order valence-electron chi connectivity index (χ1n) is 7.27. The van der Waals surface area contributed by atoms with Crippen molar-refractivity contribution in [1.29, 1.82) is 0 Å². The minimum absolute atomic E-state index is 0.182. The van der Waals surface area contributed by atoms with Crippen LogP contribution in [-0.4, -0.2) is 63.3 Å². The number of esters is 1. The summed E-state index contributed by atoms with van der Waals surface area (Å²) in [7, 11) is 0. The molecule has 0 atom stereocenters. The van der Waals surface area contributed by atoms with Crippen LogP contribution in [0.15, 0.2) is 0 Å². The maximum atomic E-state index is 11.2. The Kier molecular flexibility index (Phi) is 14.4. The Morgan fingerprint density at radius 3 is 2.00 bits per heavy atom. The van der Waals surface area contributed by atoms with Gasteiger partial charge in [-0.2, -0.15) is 0 Å². The van der Waals surface area contributed by atoms with Gasteiger partial charge in [0.2, 0.25) is 0 Å². The zero-order valence-corrected chi connectivity index (χ0v) is 12.7. The van der Waals surface area contributed by atoms with Crippen LogP contribution in [-0.2, 0) is 28.5 Å². The summed E-state index contributed by atoms with van der Waals surface area (Å²) in [5.74, 6) is -1.18. The van der Waals surface area contributed by atoms with E-state index in [-0.39, 0.29) is 25.8 Å². The standard InChI is InChI=1S/C14H26O7/c1-2-3-4-5-14(17)21-11-10-19-7-6-18-8-9-20-12-13(15)16/h2-12H2,1H3,(H,15,16). The van der Waals surface area contributed by atoms with Crippen molar-refractivity contribution in [2.24, 2.45) is 0 Å². The van der Waals surface area contributed by atoms with Crippen molar-refractivity contribution in [3.8, 4) is 0 Å². The molecule has 0 aromatic rings. The van der Waals surface area contributed by atoms with Crippen LogP contribution in [0.2, 0.25) is 0 Å². The topological polar surface area (TPSA) is 91.3 Å². The molecule has 0 aromatic carbocycles. The number of ether oxygens (including phenoxy) is 4. The van der Waals surface area contributed by atoms with Crippen LogP contribution in [0.5, 0.6) is 0 Å². The van der Waals surface area contributed by atoms with E-state index in [1.807, 2.05) is 0 Å². The molecule has 0 bridgehead atoms. The Labute approximate surface area is 125 Å². The molecule has 7 heteroatoms. The molecular formula is C14H26O7. The Morgan fingerprint density at radius 2 is 1.43 bits per heavy atom. The molecule has 21 heavy (non-hydrogen) atoms. The summed E-state index contributed by atoms with van der Waals surface area (Å²) in [5.41, 5.74) is 0. The van der Waals surface area contributed by atoms with Gasteiger partial charge in [0.05, 0.1) is 33.0 Å². The number of rotatable bonds is 15. The van der Waals surface area contributed by atoms with Crippen molar-refractivity contribution in [1.82, 2.24) is 0 Å². The summed E-state index contributed by atoms with van der Waals surface area (Å²) in [6.07, 6.45) is 3.46. The summed E-state index contributed by atoms with van der Waals surface area (Å²) in [4.78, 5) is 21.4. The number of hydrogen-bond donors (Lipinski definition) is 1. The molecule has 0 rings (SSSR count). The lowest BCUT2D eigenvalue weighted by Gasteiger charge is -2.07. The second kappa shape index (κ2) is 15.2. The lowest BCUT2D eigenvalue weighted by molar-refractivity contribution is -0.145. The fraction of sp³-hybridized carbons (Fsp3) is 0.857. The predicted molar refractivity (Wildman–Crippen MR) is 75.2 cm³/mol. The lowest BCUT2D eigenvalue weighted by Crippen LogP contribution is -2.15. The van der Waals surface area contributed by atoms with Crippen LogP contribution in [0.4, 0.5) is 0 Å². The fourth-order valence-corrected chi connectivity index (χ4v) is 1.41. The van der Waals surface area contributed by atoms with Crippen molar-refractivity contribution in [3.63, 3.8) is 0 Å². The Morgan fingerprint density at radius 1 is 0.857 bits per heavy atom.